The second-order valence-corrected chi connectivity index (χ2v) is 5.91. The first-order valence-corrected chi connectivity index (χ1v) is 8.26. The van der Waals surface area contributed by atoms with Crippen LogP contribution in [0.15, 0.2) is 18.2 Å². The average Bonchev–Trinajstić information content (AvgIpc) is 2.56. The van der Waals surface area contributed by atoms with Crippen molar-refractivity contribution in [2.24, 2.45) is 5.92 Å². The standard InChI is InChI=1S/C18H27NO3/c1-4-22-16-11-10-15(12-17(16)21-3)13(2)19-18(20)14-8-6-5-7-9-14/h10-14H,4-9H2,1-3H3,(H,19,20). The normalized spacial score (nSPS) is 16.9. The van der Waals surface area contributed by atoms with E-state index in [1.165, 1.54) is 19.3 Å². The van der Waals surface area contributed by atoms with Crippen LogP contribution in [0.4, 0.5) is 0 Å². The molecule has 1 fully saturated rings. The highest BCUT2D eigenvalue weighted by molar-refractivity contribution is 5.79. The van der Waals surface area contributed by atoms with E-state index in [1.54, 1.807) is 7.11 Å². The van der Waals surface area contributed by atoms with Crippen LogP contribution in [0.3, 0.4) is 0 Å². The minimum absolute atomic E-state index is 0.0287. The summed E-state index contributed by atoms with van der Waals surface area (Å²) < 4.78 is 10.9. The maximum atomic E-state index is 12.3. The molecule has 0 aromatic heterocycles. The number of carbonyl (C=O) groups excluding carboxylic acids is 1. The van der Waals surface area contributed by atoms with Gasteiger partial charge in [-0.1, -0.05) is 25.3 Å². The maximum absolute atomic E-state index is 12.3. The van der Waals surface area contributed by atoms with Crippen LogP contribution in [0, 0.1) is 5.92 Å². The van der Waals surface area contributed by atoms with Crippen LogP contribution in [0.5, 0.6) is 11.5 Å². The SMILES string of the molecule is CCOc1ccc(C(C)NC(=O)C2CCCCC2)cc1OC. The van der Waals surface area contributed by atoms with Gasteiger partial charge in [0, 0.05) is 5.92 Å². The highest BCUT2D eigenvalue weighted by Crippen LogP contribution is 2.31. The molecule has 1 aliphatic rings. The van der Waals surface area contributed by atoms with Crippen LogP contribution < -0.4 is 14.8 Å². The van der Waals surface area contributed by atoms with E-state index in [-0.39, 0.29) is 17.9 Å². The van der Waals surface area contributed by atoms with Gasteiger partial charge in [-0.15, -0.1) is 0 Å². The Balaban J connectivity index is 2.02. The third-order valence-electron chi connectivity index (χ3n) is 4.32. The van der Waals surface area contributed by atoms with Crippen molar-refractivity contribution in [3.8, 4) is 11.5 Å². The number of methoxy groups -OCH3 is 1. The second-order valence-electron chi connectivity index (χ2n) is 5.91. The largest absolute Gasteiger partial charge is 0.493 e. The molecule has 0 bridgehead atoms. The molecule has 4 nitrogen and oxygen atoms in total. The summed E-state index contributed by atoms with van der Waals surface area (Å²) in [5.41, 5.74) is 1.03. The molecule has 0 aliphatic heterocycles. The number of carbonyl (C=O) groups is 1. The van der Waals surface area contributed by atoms with Crippen molar-refractivity contribution in [1.82, 2.24) is 5.32 Å². The Kier molecular flexibility index (Phi) is 6.10. The lowest BCUT2D eigenvalue weighted by Gasteiger charge is -2.23. The van der Waals surface area contributed by atoms with Crippen LogP contribution in [0.1, 0.15) is 57.6 Å². The molecule has 2 rings (SSSR count). The molecule has 1 aromatic rings. The van der Waals surface area contributed by atoms with Crippen molar-refractivity contribution < 1.29 is 14.3 Å². The van der Waals surface area contributed by atoms with Gasteiger partial charge in [-0.2, -0.15) is 0 Å². The first-order chi connectivity index (χ1) is 10.7. The zero-order valence-electron chi connectivity index (χ0n) is 13.9. The molecular formula is C18H27NO3. The minimum atomic E-state index is -0.0287. The van der Waals surface area contributed by atoms with Crippen molar-refractivity contribution >= 4 is 5.91 Å². The molecule has 122 valence electrons. The van der Waals surface area contributed by atoms with Crippen molar-refractivity contribution in [3.05, 3.63) is 23.8 Å². The number of rotatable bonds is 6. The highest BCUT2D eigenvalue weighted by Gasteiger charge is 2.22. The lowest BCUT2D eigenvalue weighted by atomic mass is 9.88. The molecule has 1 saturated carbocycles. The van der Waals surface area contributed by atoms with Crippen LogP contribution in [0.25, 0.3) is 0 Å². The van der Waals surface area contributed by atoms with Gasteiger partial charge in [0.1, 0.15) is 0 Å². The molecule has 1 amide bonds. The van der Waals surface area contributed by atoms with Crippen molar-refractivity contribution in [2.45, 2.75) is 52.0 Å². The molecule has 1 atom stereocenters. The van der Waals surface area contributed by atoms with E-state index in [2.05, 4.69) is 5.32 Å². The molecule has 22 heavy (non-hydrogen) atoms. The van der Waals surface area contributed by atoms with Gasteiger partial charge in [-0.25, -0.2) is 0 Å². The number of amides is 1. The molecule has 4 heteroatoms. The van der Waals surface area contributed by atoms with Gasteiger partial charge < -0.3 is 14.8 Å². The van der Waals surface area contributed by atoms with Crippen LogP contribution in [0.2, 0.25) is 0 Å². The predicted octanol–water partition coefficient (Wildman–Crippen LogP) is 3.85. The van der Waals surface area contributed by atoms with Gasteiger partial charge in [-0.05, 0) is 44.4 Å². The third kappa shape index (κ3) is 4.15. The van der Waals surface area contributed by atoms with E-state index in [1.807, 2.05) is 32.0 Å². The van der Waals surface area contributed by atoms with Gasteiger partial charge in [0.05, 0.1) is 19.8 Å². The summed E-state index contributed by atoms with van der Waals surface area (Å²) >= 11 is 0. The Morgan fingerprint density at radius 3 is 2.64 bits per heavy atom. The Bertz CT molecular complexity index is 495. The minimum Gasteiger partial charge on any atom is -0.493 e. The zero-order chi connectivity index (χ0) is 15.9. The summed E-state index contributed by atoms with van der Waals surface area (Å²) in [5.74, 6) is 1.80. The van der Waals surface area contributed by atoms with Crippen molar-refractivity contribution in [3.63, 3.8) is 0 Å². The number of ether oxygens (including phenoxy) is 2. The number of nitrogens with one attached hydrogen (secondary N) is 1. The lowest BCUT2D eigenvalue weighted by Crippen LogP contribution is -2.33. The van der Waals surface area contributed by atoms with E-state index >= 15 is 0 Å². The predicted molar refractivity (Wildman–Crippen MR) is 87.3 cm³/mol. The Hall–Kier alpha value is -1.71. The monoisotopic (exact) mass is 305 g/mol. The van der Waals surface area contributed by atoms with E-state index in [9.17, 15) is 4.79 Å². The van der Waals surface area contributed by atoms with Crippen LogP contribution >= 0.6 is 0 Å². The van der Waals surface area contributed by atoms with E-state index in [0.717, 1.165) is 24.2 Å². The summed E-state index contributed by atoms with van der Waals surface area (Å²) in [7, 11) is 1.63. The number of benzene rings is 1. The van der Waals surface area contributed by atoms with Gasteiger partial charge in [0.2, 0.25) is 5.91 Å². The maximum Gasteiger partial charge on any atom is 0.223 e. The fraction of sp³-hybridized carbons (Fsp3) is 0.611. The molecule has 1 aliphatic carbocycles. The fourth-order valence-electron chi connectivity index (χ4n) is 3.01. The molecule has 1 aromatic carbocycles. The average molecular weight is 305 g/mol. The van der Waals surface area contributed by atoms with Crippen molar-refractivity contribution in [2.75, 3.05) is 13.7 Å². The first kappa shape index (κ1) is 16.7. The number of hydrogen-bond donors (Lipinski definition) is 1. The lowest BCUT2D eigenvalue weighted by molar-refractivity contribution is -0.126. The topological polar surface area (TPSA) is 47.6 Å². The third-order valence-corrected chi connectivity index (χ3v) is 4.32. The molecule has 0 heterocycles. The highest BCUT2D eigenvalue weighted by atomic mass is 16.5. The molecule has 0 radical (unpaired) electrons. The van der Waals surface area contributed by atoms with Crippen LogP contribution in [-0.2, 0) is 4.79 Å². The van der Waals surface area contributed by atoms with Gasteiger partial charge in [0.25, 0.3) is 0 Å². The van der Waals surface area contributed by atoms with Gasteiger partial charge in [-0.3, -0.25) is 4.79 Å². The fourth-order valence-corrected chi connectivity index (χ4v) is 3.01. The summed E-state index contributed by atoms with van der Waals surface area (Å²) in [6, 6.07) is 5.80. The second kappa shape index (κ2) is 8.06. The summed E-state index contributed by atoms with van der Waals surface area (Å²) in [6.07, 6.45) is 5.64. The smallest absolute Gasteiger partial charge is 0.223 e. The zero-order valence-corrected chi connectivity index (χ0v) is 13.9. The molecule has 0 spiro atoms. The summed E-state index contributed by atoms with van der Waals surface area (Å²) in [5, 5.41) is 3.13. The van der Waals surface area contributed by atoms with E-state index < -0.39 is 0 Å². The van der Waals surface area contributed by atoms with E-state index in [0.29, 0.717) is 12.4 Å². The summed E-state index contributed by atoms with van der Waals surface area (Å²) in [4.78, 5) is 12.3. The molecular weight excluding hydrogens is 278 g/mol. The van der Waals surface area contributed by atoms with Gasteiger partial charge in [0.15, 0.2) is 11.5 Å². The van der Waals surface area contributed by atoms with Gasteiger partial charge >= 0.3 is 0 Å². The first-order valence-electron chi connectivity index (χ1n) is 8.26. The Labute approximate surface area is 133 Å². The van der Waals surface area contributed by atoms with Crippen molar-refractivity contribution in [1.29, 1.82) is 0 Å². The summed E-state index contributed by atoms with van der Waals surface area (Å²) in [6.45, 7) is 4.56. The molecule has 0 saturated heterocycles. The quantitative estimate of drug-likeness (QED) is 0.868. The number of hydrogen-bond acceptors (Lipinski definition) is 3. The Morgan fingerprint density at radius 1 is 1.27 bits per heavy atom. The van der Waals surface area contributed by atoms with Crippen LogP contribution in [-0.4, -0.2) is 19.6 Å². The molecule has 1 unspecified atom stereocenters. The van der Waals surface area contributed by atoms with E-state index in [4.69, 9.17) is 9.47 Å². The Morgan fingerprint density at radius 2 is 2.00 bits per heavy atom. The molecule has 1 N–H and O–H groups in total.